The third kappa shape index (κ3) is 6.16. The number of carbonyl (C=O) groups is 1. The van der Waals surface area contributed by atoms with Crippen LogP contribution in [-0.4, -0.2) is 46.9 Å². The number of methoxy groups -OCH3 is 1. The second kappa shape index (κ2) is 12.1. The van der Waals surface area contributed by atoms with Crippen molar-refractivity contribution in [3.63, 3.8) is 0 Å². The summed E-state index contributed by atoms with van der Waals surface area (Å²) >= 11 is 0. The molecule has 40 heavy (non-hydrogen) atoms. The average Bonchev–Trinajstić information content (AvgIpc) is 2.96. The molecule has 7 nitrogen and oxygen atoms in total. The van der Waals surface area contributed by atoms with Gasteiger partial charge < -0.3 is 9.84 Å². The molecule has 10 heteroatoms. The Morgan fingerprint density at radius 1 is 1.00 bits per heavy atom. The first kappa shape index (κ1) is 28.4. The van der Waals surface area contributed by atoms with Gasteiger partial charge in [-0.2, -0.15) is 18.4 Å². The highest BCUT2D eigenvalue weighted by molar-refractivity contribution is 5.99. The molecule has 2 heterocycles. The van der Waals surface area contributed by atoms with Crippen molar-refractivity contribution in [2.24, 2.45) is 0 Å². The highest BCUT2D eigenvalue weighted by Crippen LogP contribution is 2.32. The van der Waals surface area contributed by atoms with Crippen molar-refractivity contribution in [2.75, 3.05) is 20.2 Å². The van der Waals surface area contributed by atoms with E-state index in [1.54, 1.807) is 23.8 Å². The van der Waals surface area contributed by atoms with Gasteiger partial charge in [0, 0.05) is 42.5 Å². The maximum absolute atomic E-state index is 13.5. The lowest BCUT2D eigenvalue weighted by Crippen LogP contribution is -2.35. The van der Waals surface area contributed by atoms with Gasteiger partial charge in [-0.25, -0.2) is 4.79 Å². The van der Waals surface area contributed by atoms with E-state index in [9.17, 15) is 23.2 Å². The van der Waals surface area contributed by atoms with Crippen molar-refractivity contribution in [3.05, 3.63) is 100.0 Å². The number of nitriles is 1. The number of benzene rings is 3. The van der Waals surface area contributed by atoms with E-state index < -0.39 is 12.1 Å². The lowest BCUT2D eigenvalue weighted by Gasteiger charge is -2.29. The number of rotatable bonds is 5. The highest BCUT2D eigenvalue weighted by Gasteiger charge is 2.38. The van der Waals surface area contributed by atoms with E-state index in [0.717, 1.165) is 36.0 Å². The largest absolute Gasteiger partial charge is 0.497 e. The van der Waals surface area contributed by atoms with E-state index >= 15 is 0 Å². The molecule has 4 aromatic rings. The number of carboxylic acids is 1. The second-order valence-electron chi connectivity index (χ2n) is 9.17. The van der Waals surface area contributed by atoms with Crippen LogP contribution in [0, 0.1) is 11.3 Å². The first-order chi connectivity index (χ1) is 19.1. The Labute approximate surface area is 228 Å². The molecule has 5 rings (SSSR count). The van der Waals surface area contributed by atoms with E-state index in [-0.39, 0.29) is 5.56 Å². The van der Waals surface area contributed by atoms with Crippen LogP contribution in [0.15, 0.2) is 77.6 Å². The predicted octanol–water partition coefficient (Wildman–Crippen LogP) is 5.24. The molecule has 206 valence electrons. The topological polar surface area (TPSA) is 95.6 Å². The van der Waals surface area contributed by atoms with Gasteiger partial charge in [0.15, 0.2) is 0 Å². The molecule has 0 saturated heterocycles. The van der Waals surface area contributed by atoms with Crippen molar-refractivity contribution >= 4 is 16.7 Å². The summed E-state index contributed by atoms with van der Waals surface area (Å²) in [6, 6.07) is 26.1. The number of aliphatic carboxylic acids is 1. The summed E-state index contributed by atoms with van der Waals surface area (Å²) in [4.78, 5) is 24.8. The molecule has 1 N–H and O–H groups in total. The number of pyridine rings is 1. The zero-order chi connectivity index (χ0) is 28.9. The maximum Gasteiger partial charge on any atom is 0.490 e. The molecule has 0 aliphatic carbocycles. The normalized spacial score (nSPS) is 13.1. The van der Waals surface area contributed by atoms with Crippen LogP contribution >= 0.6 is 0 Å². The molecule has 0 unspecified atom stereocenters. The van der Waals surface area contributed by atoms with Gasteiger partial charge in [-0.05, 0) is 41.3 Å². The monoisotopic (exact) mass is 549 g/mol. The third-order valence-electron chi connectivity index (χ3n) is 6.74. The molecule has 1 aromatic heterocycles. The molecular formula is C30H26F3N3O4. The Bertz CT molecular complexity index is 1630. The minimum atomic E-state index is -5.08. The number of aromatic nitrogens is 1. The first-order valence-corrected chi connectivity index (χ1v) is 12.4. The van der Waals surface area contributed by atoms with Crippen molar-refractivity contribution in [2.45, 2.75) is 25.7 Å². The fraction of sp³-hybridized carbons (Fsp3) is 0.233. The number of carboxylic acid groups (broad SMARTS) is 1. The molecule has 0 spiro atoms. The van der Waals surface area contributed by atoms with Gasteiger partial charge in [0.25, 0.3) is 5.56 Å². The van der Waals surface area contributed by atoms with Gasteiger partial charge in [0.05, 0.1) is 7.11 Å². The van der Waals surface area contributed by atoms with Crippen molar-refractivity contribution < 1.29 is 27.8 Å². The van der Waals surface area contributed by atoms with Crippen LogP contribution in [0.2, 0.25) is 0 Å². The molecule has 0 bridgehead atoms. The molecule has 1 aliphatic rings. The van der Waals surface area contributed by atoms with Crippen LogP contribution in [-0.2, 0) is 24.3 Å². The smallest absolute Gasteiger partial charge is 0.490 e. The van der Waals surface area contributed by atoms with Crippen LogP contribution in [0.4, 0.5) is 13.2 Å². The van der Waals surface area contributed by atoms with E-state index in [1.807, 2.05) is 36.4 Å². The van der Waals surface area contributed by atoms with Crippen LogP contribution < -0.4 is 10.3 Å². The number of nitrogens with zero attached hydrogens (tertiary/aromatic N) is 3. The molecule has 0 radical (unpaired) electrons. The molecule has 0 atom stereocenters. The quantitative estimate of drug-likeness (QED) is 0.366. The zero-order valence-electron chi connectivity index (χ0n) is 21.6. The standard InChI is InChI=1S/C28H25N3O2.C2HF3O2/c1-33-23-11-12-24-25(17-23)27(21-8-3-2-4-9-21)26(18-29)31(28(24)32)16-15-30-14-13-20-7-5-6-10-22(20)19-30;3-2(4,5)1(6)7/h2-12,17H,13-16,19H2,1H3;(H,6,7). The highest BCUT2D eigenvalue weighted by atomic mass is 19.4. The van der Waals surface area contributed by atoms with Gasteiger partial charge in [-0.1, -0.05) is 54.6 Å². The summed E-state index contributed by atoms with van der Waals surface area (Å²) < 4.78 is 38.8. The Balaban J connectivity index is 0.000000470. The second-order valence-corrected chi connectivity index (χ2v) is 9.17. The Hall–Kier alpha value is -4.62. The minimum absolute atomic E-state index is 0.138. The number of halogens is 3. The van der Waals surface area contributed by atoms with Gasteiger partial charge in [0.1, 0.15) is 17.5 Å². The van der Waals surface area contributed by atoms with E-state index in [4.69, 9.17) is 14.6 Å². The maximum atomic E-state index is 13.5. The molecule has 0 saturated carbocycles. The summed E-state index contributed by atoms with van der Waals surface area (Å²) in [6.07, 6.45) is -4.08. The third-order valence-corrected chi connectivity index (χ3v) is 6.74. The number of hydrogen-bond donors (Lipinski definition) is 1. The summed E-state index contributed by atoms with van der Waals surface area (Å²) in [5.74, 6) is -2.10. The summed E-state index contributed by atoms with van der Waals surface area (Å²) in [5, 5.41) is 18.6. The van der Waals surface area contributed by atoms with Crippen LogP contribution in [0.1, 0.15) is 16.8 Å². The van der Waals surface area contributed by atoms with Gasteiger partial charge in [-0.3, -0.25) is 14.3 Å². The average molecular weight is 550 g/mol. The lowest BCUT2D eigenvalue weighted by atomic mass is 9.96. The van der Waals surface area contributed by atoms with E-state index in [0.29, 0.717) is 29.9 Å². The van der Waals surface area contributed by atoms with E-state index in [1.165, 1.54) is 11.1 Å². The first-order valence-electron chi connectivity index (χ1n) is 12.4. The van der Waals surface area contributed by atoms with Gasteiger partial charge in [0.2, 0.25) is 0 Å². The molecular weight excluding hydrogens is 523 g/mol. The summed E-state index contributed by atoms with van der Waals surface area (Å²) in [6.45, 7) is 2.98. The van der Waals surface area contributed by atoms with Gasteiger partial charge in [-0.15, -0.1) is 0 Å². The van der Waals surface area contributed by atoms with E-state index in [2.05, 4.69) is 35.2 Å². The molecule has 1 aliphatic heterocycles. The lowest BCUT2D eigenvalue weighted by molar-refractivity contribution is -0.192. The Morgan fingerprint density at radius 2 is 1.65 bits per heavy atom. The number of hydrogen-bond acceptors (Lipinski definition) is 5. The fourth-order valence-corrected chi connectivity index (χ4v) is 4.77. The van der Waals surface area contributed by atoms with Crippen molar-refractivity contribution in [3.8, 4) is 22.9 Å². The summed E-state index contributed by atoms with van der Waals surface area (Å²) in [7, 11) is 1.60. The predicted molar refractivity (Wildman–Crippen MR) is 144 cm³/mol. The fourth-order valence-electron chi connectivity index (χ4n) is 4.77. The minimum Gasteiger partial charge on any atom is -0.497 e. The Morgan fingerprint density at radius 3 is 2.27 bits per heavy atom. The van der Waals surface area contributed by atoms with Gasteiger partial charge >= 0.3 is 12.1 Å². The Kier molecular flexibility index (Phi) is 8.55. The number of alkyl halides is 3. The zero-order valence-corrected chi connectivity index (χ0v) is 21.6. The number of ether oxygens (including phenoxy) is 1. The van der Waals surface area contributed by atoms with Crippen molar-refractivity contribution in [1.29, 1.82) is 5.26 Å². The van der Waals surface area contributed by atoms with Crippen LogP contribution in [0.25, 0.3) is 21.9 Å². The van der Waals surface area contributed by atoms with Crippen LogP contribution in [0.3, 0.4) is 0 Å². The number of fused-ring (bicyclic) bond motifs is 2. The molecule has 0 amide bonds. The SMILES string of the molecule is COc1ccc2c(=O)n(CCN3CCc4ccccc4C3)c(C#N)c(-c3ccccc3)c2c1.O=C(O)C(F)(F)F. The summed E-state index contributed by atoms with van der Waals surface area (Å²) in [5.41, 5.74) is 4.68. The molecule has 0 fully saturated rings. The van der Waals surface area contributed by atoms with Crippen molar-refractivity contribution in [1.82, 2.24) is 9.47 Å². The van der Waals surface area contributed by atoms with Crippen LogP contribution in [0.5, 0.6) is 5.75 Å². The molecule has 3 aromatic carbocycles.